The number of aliphatic hydroxyl groups excluding tert-OH is 1. The zero-order valence-electron chi connectivity index (χ0n) is 11.7. The molecule has 0 radical (unpaired) electrons. The number of likely N-dealkylation sites (tertiary alicyclic amines) is 1. The third-order valence-corrected chi connectivity index (χ3v) is 4.10. The first-order valence-corrected chi connectivity index (χ1v) is 7.37. The van der Waals surface area contributed by atoms with Crippen LogP contribution in [0, 0.1) is 0 Å². The topological polar surface area (TPSA) is 77.9 Å². The minimum atomic E-state index is -0.173. The highest BCUT2D eigenvalue weighted by atomic mass is 16.3. The molecule has 0 unspecified atom stereocenters. The molecule has 0 aromatic rings. The van der Waals surface area contributed by atoms with Crippen LogP contribution in [0.1, 0.15) is 44.9 Å². The molecule has 3 amide bonds. The van der Waals surface area contributed by atoms with Crippen molar-refractivity contribution in [2.45, 2.75) is 51.0 Å². The van der Waals surface area contributed by atoms with Crippen LogP contribution >= 0.6 is 0 Å². The van der Waals surface area contributed by atoms with E-state index in [-0.39, 0.29) is 56.2 Å². The molecule has 6 nitrogen and oxygen atoms in total. The average Bonchev–Trinajstić information content (AvgIpc) is 2.69. The van der Waals surface area contributed by atoms with Crippen molar-refractivity contribution in [3.8, 4) is 0 Å². The third-order valence-electron chi connectivity index (χ3n) is 4.10. The van der Waals surface area contributed by atoms with Crippen molar-refractivity contribution in [1.82, 2.24) is 9.80 Å². The highest BCUT2D eigenvalue weighted by molar-refractivity contribution is 6.02. The van der Waals surface area contributed by atoms with Gasteiger partial charge >= 0.3 is 0 Å². The van der Waals surface area contributed by atoms with Crippen molar-refractivity contribution in [3.63, 3.8) is 0 Å². The number of hydrogen-bond donors (Lipinski definition) is 1. The van der Waals surface area contributed by atoms with E-state index in [0.29, 0.717) is 13.0 Å². The Balaban J connectivity index is 1.84. The van der Waals surface area contributed by atoms with E-state index in [4.69, 9.17) is 5.11 Å². The van der Waals surface area contributed by atoms with Crippen LogP contribution in [0.3, 0.4) is 0 Å². The highest BCUT2D eigenvalue weighted by Gasteiger charge is 2.31. The summed E-state index contributed by atoms with van der Waals surface area (Å²) < 4.78 is 0. The maximum Gasteiger partial charge on any atom is 0.229 e. The van der Waals surface area contributed by atoms with E-state index in [2.05, 4.69) is 0 Å². The largest absolute Gasteiger partial charge is 0.396 e. The van der Waals surface area contributed by atoms with Gasteiger partial charge in [-0.15, -0.1) is 0 Å². The lowest BCUT2D eigenvalue weighted by Gasteiger charge is -2.38. The van der Waals surface area contributed by atoms with Gasteiger partial charge in [0.25, 0.3) is 0 Å². The lowest BCUT2D eigenvalue weighted by atomic mass is 9.91. The van der Waals surface area contributed by atoms with Crippen LogP contribution in [0.5, 0.6) is 0 Å². The van der Waals surface area contributed by atoms with E-state index in [1.54, 1.807) is 0 Å². The molecule has 0 bridgehead atoms. The number of amides is 3. The summed E-state index contributed by atoms with van der Waals surface area (Å²) in [6.45, 7) is 0.820. The standard InChI is InChI=1S/C14H22N2O4/c17-10-2-8-15(11-3-1-4-11)14(20)7-9-16-12(18)5-6-13(16)19/h11,17H,1-10H2. The van der Waals surface area contributed by atoms with Gasteiger partial charge in [-0.2, -0.15) is 0 Å². The van der Waals surface area contributed by atoms with Gasteiger partial charge in [-0.25, -0.2) is 0 Å². The molecule has 112 valence electrons. The first-order chi connectivity index (χ1) is 9.63. The molecule has 1 aliphatic carbocycles. The second-order valence-electron chi connectivity index (χ2n) is 5.44. The van der Waals surface area contributed by atoms with E-state index in [1.807, 2.05) is 4.90 Å². The van der Waals surface area contributed by atoms with Crippen LogP contribution in [0.2, 0.25) is 0 Å². The van der Waals surface area contributed by atoms with Crippen LogP contribution in [-0.2, 0) is 14.4 Å². The van der Waals surface area contributed by atoms with E-state index in [0.717, 1.165) is 19.3 Å². The van der Waals surface area contributed by atoms with Crippen LogP contribution < -0.4 is 0 Å². The van der Waals surface area contributed by atoms with E-state index in [1.165, 1.54) is 4.90 Å². The molecule has 0 aromatic heterocycles. The normalized spacial score (nSPS) is 19.4. The molecule has 0 atom stereocenters. The Labute approximate surface area is 118 Å². The third kappa shape index (κ3) is 3.36. The number of imide groups is 1. The predicted octanol–water partition coefficient (Wildman–Crippen LogP) is 0.289. The van der Waals surface area contributed by atoms with Crippen molar-refractivity contribution in [1.29, 1.82) is 0 Å². The van der Waals surface area contributed by atoms with E-state index >= 15 is 0 Å². The van der Waals surface area contributed by atoms with Crippen LogP contribution in [0.15, 0.2) is 0 Å². The fourth-order valence-corrected chi connectivity index (χ4v) is 2.67. The lowest BCUT2D eigenvalue weighted by molar-refractivity contribution is -0.140. The Bertz CT molecular complexity index is 377. The van der Waals surface area contributed by atoms with E-state index < -0.39 is 0 Å². The molecule has 1 heterocycles. The Kier molecular flexibility index (Phi) is 5.11. The van der Waals surface area contributed by atoms with Crippen molar-refractivity contribution in [3.05, 3.63) is 0 Å². The molecule has 1 saturated heterocycles. The van der Waals surface area contributed by atoms with Gasteiger partial charge in [0.05, 0.1) is 0 Å². The van der Waals surface area contributed by atoms with Crippen molar-refractivity contribution < 1.29 is 19.5 Å². The molecule has 2 fully saturated rings. The molecule has 1 N–H and O–H groups in total. The van der Waals surface area contributed by atoms with Crippen molar-refractivity contribution in [2.75, 3.05) is 19.7 Å². The summed E-state index contributed by atoms with van der Waals surface area (Å²) in [5.74, 6) is -0.364. The van der Waals surface area contributed by atoms with Gasteiger partial charge in [-0.05, 0) is 25.7 Å². The summed E-state index contributed by atoms with van der Waals surface area (Å²) in [5, 5.41) is 8.91. The zero-order valence-corrected chi connectivity index (χ0v) is 11.7. The van der Waals surface area contributed by atoms with Gasteiger partial charge in [0, 0.05) is 45.0 Å². The zero-order chi connectivity index (χ0) is 14.5. The second-order valence-corrected chi connectivity index (χ2v) is 5.44. The lowest BCUT2D eigenvalue weighted by Crippen LogP contribution is -2.46. The van der Waals surface area contributed by atoms with Crippen LogP contribution in [0.25, 0.3) is 0 Å². The van der Waals surface area contributed by atoms with Gasteiger partial charge in [0.2, 0.25) is 17.7 Å². The minimum absolute atomic E-state index is 0.0179. The van der Waals surface area contributed by atoms with Gasteiger partial charge in [0.15, 0.2) is 0 Å². The fraction of sp³-hybridized carbons (Fsp3) is 0.786. The quantitative estimate of drug-likeness (QED) is 0.681. The first-order valence-electron chi connectivity index (χ1n) is 7.37. The van der Waals surface area contributed by atoms with Crippen LogP contribution in [0.4, 0.5) is 0 Å². The van der Waals surface area contributed by atoms with Crippen LogP contribution in [-0.4, -0.2) is 58.4 Å². The SMILES string of the molecule is O=C1CCC(=O)N1CCC(=O)N(CCCO)C1CCC1. The Morgan fingerprint density at radius 3 is 2.40 bits per heavy atom. The molecule has 1 aliphatic heterocycles. The van der Waals surface area contributed by atoms with Crippen molar-refractivity contribution in [2.24, 2.45) is 0 Å². The first kappa shape index (κ1) is 15.0. The molecule has 6 heteroatoms. The number of hydrogen-bond acceptors (Lipinski definition) is 4. The summed E-state index contributed by atoms with van der Waals surface area (Å²) in [5.41, 5.74) is 0. The number of rotatable bonds is 7. The number of nitrogens with zero attached hydrogens (tertiary/aromatic N) is 2. The summed E-state index contributed by atoms with van der Waals surface area (Å²) in [4.78, 5) is 38.2. The predicted molar refractivity (Wildman–Crippen MR) is 71.6 cm³/mol. The molecule has 2 aliphatic rings. The van der Waals surface area contributed by atoms with Gasteiger partial charge in [0.1, 0.15) is 0 Å². The molecule has 1 saturated carbocycles. The number of carbonyl (C=O) groups excluding carboxylic acids is 3. The summed E-state index contributed by atoms with van der Waals surface area (Å²) in [6, 6.07) is 0.277. The Morgan fingerprint density at radius 1 is 1.25 bits per heavy atom. The van der Waals surface area contributed by atoms with Gasteiger partial charge < -0.3 is 10.0 Å². The Morgan fingerprint density at radius 2 is 1.90 bits per heavy atom. The van der Waals surface area contributed by atoms with Crippen molar-refractivity contribution >= 4 is 17.7 Å². The van der Waals surface area contributed by atoms with E-state index in [9.17, 15) is 14.4 Å². The Hall–Kier alpha value is -1.43. The molecular weight excluding hydrogens is 260 g/mol. The smallest absolute Gasteiger partial charge is 0.229 e. The molecule has 20 heavy (non-hydrogen) atoms. The number of aliphatic hydroxyl groups is 1. The summed E-state index contributed by atoms with van der Waals surface area (Å²) in [7, 11) is 0. The second kappa shape index (κ2) is 6.83. The average molecular weight is 282 g/mol. The summed E-state index contributed by atoms with van der Waals surface area (Å²) in [6.07, 6.45) is 4.46. The maximum absolute atomic E-state index is 12.2. The fourth-order valence-electron chi connectivity index (χ4n) is 2.67. The molecule has 2 rings (SSSR count). The summed E-state index contributed by atoms with van der Waals surface area (Å²) >= 11 is 0. The monoisotopic (exact) mass is 282 g/mol. The molecular formula is C14H22N2O4. The van der Waals surface area contributed by atoms with Gasteiger partial charge in [-0.1, -0.05) is 0 Å². The maximum atomic E-state index is 12.2. The molecule has 0 spiro atoms. The highest BCUT2D eigenvalue weighted by Crippen LogP contribution is 2.25. The minimum Gasteiger partial charge on any atom is -0.396 e. The van der Waals surface area contributed by atoms with Gasteiger partial charge in [-0.3, -0.25) is 19.3 Å². The molecule has 0 aromatic carbocycles. The number of carbonyl (C=O) groups is 3.